The minimum absolute atomic E-state index is 0.539. The smallest absolute Gasteiger partial charge is 0.102 e. The van der Waals surface area contributed by atoms with Crippen molar-refractivity contribution in [1.29, 1.82) is 0 Å². The third kappa shape index (κ3) is 3.47. The first kappa shape index (κ1) is 12.9. The lowest BCUT2D eigenvalue weighted by Gasteiger charge is -2.28. The van der Waals surface area contributed by atoms with Crippen LogP contribution in [0.5, 0.6) is 0 Å². The summed E-state index contributed by atoms with van der Waals surface area (Å²) in [6.45, 7) is 2.43. The predicted octanol–water partition coefficient (Wildman–Crippen LogP) is 1.11. The number of nitrogens with zero attached hydrogens (tertiary/aromatic N) is 2. The number of hydrogen-bond donors (Lipinski definition) is 2. The van der Waals surface area contributed by atoms with Crippen molar-refractivity contribution in [1.82, 2.24) is 15.1 Å². The molecule has 0 aliphatic carbocycles. The zero-order chi connectivity index (χ0) is 12.3. The topological polar surface area (TPSA) is 50.1 Å². The zero-order valence-corrected chi connectivity index (χ0v) is 11.3. The largest absolute Gasteiger partial charge is 0.384 e. The Bertz CT molecular complexity index is 358. The molecule has 5 heteroatoms. The van der Waals surface area contributed by atoms with Crippen LogP contribution in [0, 0.1) is 0 Å². The molecule has 0 unspecified atom stereocenters. The number of aromatic nitrogens is 2. The maximum atomic E-state index is 10.4. The highest BCUT2D eigenvalue weighted by atomic mass is 32.2. The van der Waals surface area contributed by atoms with Gasteiger partial charge in [0.2, 0.25) is 0 Å². The quantitative estimate of drug-likeness (QED) is 0.846. The Morgan fingerprint density at radius 3 is 3.12 bits per heavy atom. The summed E-state index contributed by atoms with van der Waals surface area (Å²) in [5, 5.41) is 18.0. The Morgan fingerprint density at radius 2 is 2.53 bits per heavy atom. The van der Waals surface area contributed by atoms with E-state index in [1.54, 1.807) is 10.9 Å². The lowest BCUT2D eigenvalue weighted by atomic mass is 9.99. The Kier molecular flexibility index (Phi) is 4.12. The van der Waals surface area contributed by atoms with E-state index in [-0.39, 0.29) is 0 Å². The summed E-state index contributed by atoms with van der Waals surface area (Å²) in [5.74, 6) is 2.43. The molecule has 96 valence electrons. The second kappa shape index (κ2) is 5.42. The molecule has 1 saturated heterocycles. The monoisotopic (exact) mass is 255 g/mol. The first-order valence-corrected chi connectivity index (χ1v) is 7.26. The van der Waals surface area contributed by atoms with E-state index in [9.17, 15) is 5.11 Å². The molecule has 4 nitrogen and oxygen atoms in total. The van der Waals surface area contributed by atoms with E-state index >= 15 is 0 Å². The van der Waals surface area contributed by atoms with Crippen LogP contribution in [-0.2, 0) is 12.6 Å². The Balaban J connectivity index is 1.88. The molecule has 1 aliphatic rings. The van der Waals surface area contributed by atoms with Crippen molar-refractivity contribution >= 4 is 11.8 Å². The summed E-state index contributed by atoms with van der Waals surface area (Å²) in [6, 6.07) is 0.539. The van der Waals surface area contributed by atoms with Gasteiger partial charge in [-0.1, -0.05) is 0 Å². The molecular weight excluding hydrogens is 234 g/mol. The lowest BCUT2D eigenvalue weighted by molar-refractivity contribution is 0.0541. The summed E-state index contributed by atoms with van der Waals surface area (Å²) < 4.78 is 1.72. The molecule has 2 rings (SSSR count). The van der Waals surface area contributed by atoms with Gasteiger partial charge in [-0.25, -0.2) is 0 Å². The van der Waals surface area contributed by atoms with Crippen LogP contribution in [0.25, 0.3) is 0 Å². The minimum Gasteiger partial charge on any atom is -0.384 e. The summed E-state index contributed by atoms with van der Waals surface area (Å²) in [7, 11) is 1.87. The first-order chi connectivity index (χ1) is 8.08. The fourth-order valence-electron chi connectivity index (χ4n) is 2.05. The second-order valence-electron chi connectivity index (χ2n) is 4.97. The van der Waals surface area contributed by atoms with Crippen molar-refractivity contribution in [2.75, 3.05) is 18.1 Å². The van der Waals surface area contributed by atoms with Gasteiger partial charge in [0, 0.05) is 37.1 Å². The third-order valence-corrected chi connectivity index (χ3v) is 4.44. The van der Waals surface area contributed by atoms with Gasteiger partial charge in [-0.15, -0.1) is 0 Å². The number of thioether (sulfide) groups is 1. The summed E-state index contributed by atoms with van der Waals surface area (Å²) in [6.07, 6.45) is 6.10. The molecule has 1 aliphatic heterocycles. The van der Waals surface area contributed by atoms with Crippen LogP contribution in [0.2, 0.25) is 0 Å². The third-order valence-electron chi connectivity index (χ3n) is 3.22. The minimum atomic E-state index is -0.837. The number of aryl methyl sites for hydroxylation is 1. The molecule has 0 amide bonds. The molecule has 2 N–H and O–H groups in total. The molecule has 17 heavy (non-hydrogen) atoms. The Labute approximate surface area is 107 Å². The highest BCUT2D eigenvalue weighted by Gasteiger charge is 2.26. The van der Waals surface area contributed by atoms with Gasteiger partial charge in [0.05, 0.1) is 6.20 Å². The predicted molar refractivity (Wildman–Crippen MR) is 71.1 cm³/mol. The number of rotatable bonds is 4. The van der Waals surface area contributed by atoms with E-state index in [1.807, 2.05) is 31.9 Å². The molecule has 1 fully saturated rings. The summed E-state index contributed by atoms with van der Waals surface area (Å²) >= 11 is 1.99. The second-order valence-corrected chi connectivity index (χ2v) is 6.12. The molecule has 0 aromatic carbocycles. The van der Waals surface area contributed by atoms with Gasteiger partial charge in [-0.2, -0.15) is 16.9 Å². The van der Waals surface area contributed by atoms with Gasteiger partial charge in [0.25, 0.3) is 0 Å². The molecule has 0 bridgehead atoms. The zero-order valence-electron chi connectivity index (χ0n) is 10.5. The van der Waals surface area contributed by atoms with Gasteiger partial charge < -0.3 is 10.4 Å². The molecule has 0 saturated carbocycles. The fraction of sp³-hybridized carbons (Fsp3) is 0.750. The standard InChI is InChI=1S/C12H21N3OS/c1-12(16,10-6-14-15(2)7-10)9-13-11-4-3-5-17-8-11/h6-7,11,13,16H,3-5,8-9H2,1-2H3/t11-,12-/m0/s1. The van der Waals surface area contributed by atoms with E-state index in [2.05, 4.69) is 10.4 Å². The molecule has 1 aromatic rings. The van der Waals surface area contributed by atoms with Crippen LogP contribution < -0.4 is 5.32 Å². The van der Waals surface area contributed by atoms with Crippen molar-refractivity contribution in [2.24, 2.45) is 7.05 Å². The van der Waals surface area contributed by atoms with Crippen molar-refractivity contribution in [3.63, 3.8) is 0 Å². The van der Waals surface area contributed by atoms with Gasteiger partial charge in [0.1, 0.15) is 5.60 Å². The molecule has 0 spiro atoms. The van der Waals surface area contributed by atoms with E-state index in [1.165, 1.54) is 18.6 Å². The van der Waals surface area contributed by atoms with Crippen LogP contribution in [0.3, 0.4) is 0 Å². The van der Waals surface area contributed by atoms with Crippen molar-refractivity contribution in [3.05, 3.63) is 18.0 Å². The fourth-order valence-corrected chi connectivity index (χ4v) is 3.15. The summed E-state index contributed by atoms with van der Waals surface area (Å²) in [5.41, 5.74) is 0.0343. The highest BCUT2D eigenvalue weighted by molar-refractivity contribution is 7.99. The summed E-state index contributed by atoms with van der Waals surface area (Å²) in [4.78, 5) is 0. The van der Waals surface area contributed by atoms with Crippen LogP contribution in [0.1, 0.15) is 25.3 Å². The Morgan fingerprint density at radius 1 is 1.71 bits per heavy atom. The molecular formula is C12H21N3OS. The van der Waals surface area contributed by atoms with Crippen molar-refractivity contribution in [2.45, 2.75) is 31.4 Å². The molecule has 1 aromatic heterocycles. The van der Waals surface area contributed by atoms with Crippen LogP contribution >= 0.6 is 11.8 Å². The highest BCUT2D eigenvalue weighted by Crippen LogP contribution is 2.21. The lowest BCUT2D eigenvalue weighted by Crippen LogP contribution is -2.42. The van der Waals surface area contributed by atoms with Crippen LogP contribution in [0.15, 0.2) is 12.4 Å². The van der Waals surface area contributed by atoms with Crippen LogP contribution in [-0.4, -0.2) is 39.0 Å². The number of aliphatic hydroxyl groups is 1. The maximum Gasteiger partial charge on any atom is 0.102 e. The van der Waals surface area contributed by atoms with E-state index < -0.39 is 5.60 Å². The normalized spacial score (nSPS) is 24.5. The van der Waals surface area contributed by atoms with Crippen LogP contribution in [0.4, 0.5) is 0 Å². The number of hydrogen-bond acceptors (Lipinski definition) is 4. The van der Waals surface area contributed by atoms with E-state index in [0.717, 1.165) is 11.3 Å². The van der Waals surface area contributed by atoms with Crippen molar-refractivity contribution in [3.8, 4) is 0 Å². The average Bonchev–Trinajstić information content (AvgIpc) is 2.76. The van der Waals surface area contributed by atoms with Gasteiger partial charge >= 0.3 is 0 Å². The Hall–Kier alpha value is -0.520. The SMILES string of the molecule is Cn1cc([C@@](C)(O)CN[C@H]2CCCSC2)cn1. The number of nitrogens with one attached hydrogen (secondary N) is 1. The molecule has 2 atom stereocenters. The van der Waals surface area contributed by atoms with Gasteiger partial charge in [-0.05, 0) is 25.5 Å². The maximum absolute atomic E-state index is 10.4. The average molecular weight is 255 g/mol. The van der Waals surface area contributed by atoms with Gasteiger partial charge in [0.15, 0.2) is 0 Å². The van der Waals surface area contributed by atoms with E-state index in [0.29, 0.717) is 12.6 Å². The molecule has 0 radical (unpaired) electrons. The molecule has 2 heterocycles. The van der Waals surface area contributed by atoms with Gasteiger partial charge in [-0.3, -0.25) is 4.68 Å². The van der Waals surface area contributed by atoms with Crippen molar-refractivity contribution < 1.29 is 5.11 Å². The van der Waals surface area contributed by atoms with E-state index in [4.69, 9.17) is 0 Å². The first-order valence-electron chi connectivity index (χ1n) is 6.10.